The molecule has 0 aromatic rings. The van der Waals surface area contributed by atoms with Crippen LogP contribution in [-0.4, -0.2) is 46.6 Å². The van der Waals surface area contributed by atoms with E-state index in [2.05, 4.69) is 26.1 Å². The van der Waals surface area contributed by atoms with Crippen LogP contribution >= 0.6 is 0 Å². The van der Waals surface area contributed by atoms with Gasteiger partial charge in [0.05, 0.1) is 0 Å². The van der Waals surface area contributed by atoms with Gasteiger partial charge in [0.25, 0.3) is 0 Å². The summed E-state index contributed by atoms with van der Waals surface area (Å²) in [7, 11) is -1.04. The first-order valence-electron chi connectivity index (χ1n) is 6.48. The van der Waals surface area contributed by atoms with E-state index in [0.717, 1.165) is 6.61 Å². The SMILES string of the molecule is C=[C]([C@@H]1COC[C@H]1NS(=O)C(C)(C)C)[Sn]([CH3])([CH3])[CH3]. The molecule has 1 unspecified atom stereocenters. The molecule has 106 valence electrons. The summed E-state index contributed by atoms with van der Waals surface area (Å²) in [6, 6.07) is 0.161. The number of rotatable bonds is 4. The Morgan fingerprint density at radius 3 is 2.33 bits per heavy atom. The molecule has 1 rings (SSSR count). The Hall–Kier alpha value is 0.609. The van der Waals surface area contributed by atoms with Crippen LogP contribution < -0.4 is 4.72 Å². The second-order valence-corrected chi connectivity index (χ2v) is 23.7. The van der Waals surface area contributed by atoms with Crippen molar-refractivity contribution in [2.45, 2.75) is 46.4 Å². The molecule has 5 heteroatoms. The van der Waals surface area contributed by atoms with Crippen molar-refractivity contribution in [1.29, 1.82) is 0 Å². The Bertz CT molecular complexity index is 344. The Morgan fingerprint density at radius 2 is 1.89 bits per heavy atom. The number of ether oxygens (including phenoxy) is 1. The average molecular weight is 380 g/mol. The summed E-state index contributed by atoms with van der Waals surface area (Å²) >= 11 is -2.11. The van der Waals surface area contributed by atoms with Crippen molar-refractivity contribution in [3.63, 3.8) is 0 Å². The molecule has 0 saturated carbocycles. The summed E-state index contributed by atoms with van der Waals surface area (Å²) in [5.74, 6) is 0.340. The van der Waals surface area contributed by atoms with Gasteiger partial charge in [0.1, 0.15) is 0 Å². The van der Waals surface area contributed by atoms with Gasteiger partial charge in [0.15, 0.2) is 0 Å². The van der Waals surface area contributed by atoms with Gasteiger partial charge in [-0.3, -0.25) is 0 Å². The zero-order chi connectivity index (χ0) is 14.1. The zero-order valence-electron chi connectivity index (χ0n) is 12.5. The first kappa shape index (κ1) is 16.7. The van der Waals surface area contributed by atoms with Gasteiger partial charge >= 0.3 is 119 Å². The van der Waals surface area contributed by atoms with Gasteiger partial charge in [-0.2, -0.15) is 0 Å². The minimum absolute atomic E-state index is 0.161. The van der Waals surface area contributed by atoms with E-state index >= 15 is 0 Å². The van der Waals surface area contributed by atoms with Gasteiger partial charge in [-0.15, -0.1) is 0 Å². The van der Waals surface area contributed by atoms with E-state index in [0.29, 0.717) is 12.5 Å². The molecule has 18 heavy (non-hydrogen) atoms. The van der Waals surface area contributed by atoms with Crippen molar-refractivity contribution >= 4 is 29.4 Å². The zero-order valence-corrected chi connectivity index (χ0v) is 16.2. The molecule has 1 saturated heterocycles. The molecule has 1 heterocycles. The molecular formula is C13H27NO2SSn. The summed E-state index contributed by atoms with van der Waals surface area (Å²) < 4.78 is 22.1. The number of nitrogens with one attached hydrogen (secondary N) is 1. The van der Waals surface area contributed by atoms with Crippen LogP contribution in [0, 0.1) is 5.92 Å². The van der Waals surface area contributed by atoms with Crippen LogP contribution in [0.1, 0.15) is 20.8 Å². The standard InChI is InChI=1S/C10H18NO2S.3CH3.Sn/c1-5-8-6-13-7-9(8)11-14(12)10(2,3)4;;;;/h8-9,11H,1,6-7H2,2-4H3;3*1H3;/t8-,9-,14?;;;;/m1..../s1. The van der Waals surface area contributed by atoms with Crippen LogP contribution in [0.4, 0.5) is 0 Å². The van der Waals surface area contributed by atoms with Crippen molar-refractivity contribution in [3.8, 4) is 0 Å². The van der Waals surface area contributed by atoms with Crippen LogP contribution in [0.15, 0.2) is 10.2 Å². The van der Waals surface area contributed by atoms with E-state index in [-0.39, 0.29) is 10.8 Å². The van der Waals surface area contributed by atoms with Crippen molar-refractivity contribution in [1.82, 2.24) is 4.72 Å². The Labute approximate surface area is 118 Å². The quantitative estimate of drug-likeness (QED) is 0.762. The Balaban J connectivity index is 2.72. The van der Waals surface area contributed by atoms with Gasteiger partial charge in [-0.1, -0.05) is 0 Å². The van der Waals surface area contributed by atoms with Gasteiger partial charge in [0.2, 0.25) is 0 Å². The van der Waals surface area contributed by atoms with Gasteiger partial charge in [-0.25, -0.2) is 0 Å². The molecule has 1 aliphatic rings. The summed E-state index contributed by atoms with van der Waals surface area (Å²) in [5, 5.41) is 0. The van der Waals surface area contributed by atoms with Crippen molar-refractivity contribution in [2.24, 2.45) is 5.92 Å². The third kappa shape index (κ3) is 4.32. The fourth-order valence-corrected chi connectivity index (χ4v) is 6.73. The third-order valence-corrected chi connectivity index (χ3v) is 11.5. The van der Waals surface area contributed by atoms with E-state index in [9.17, 15) is 4.21 Å². The van der Waals surface area contributed by atoms with Crippen LogP contribution in [0.5, 0.6) is 0 Å². The van der Waals surface area contributed by atoms with Gasteiger partial charge in [0, 0.05) is 0 Å². The predicted octanol–water partition coefficient (Wildman–Crippen LogP) is 2.49. The maximum atomic E-state index is 12.2. The van der Waals surface area contributed by atoms with Crippen molar-refractivity contribution in [3.05, 3.63) is 10.2 Å². The number of hydrogen-bond acceptors (Lipinski definition) is 2. The molecule has 0 spiro atoms. The van der Waals surface area contributed by atoms with Crippen molar-refractivity contribution in [2.75, 3.05) is 13.2 Å². The maximum absolute atomic E-state index is 12.2. The van der Waals surface area contributed by atoms with Gasteiger partial charge < -0.3 is 0 Å². The van der Waals surface area contributed by atoms with E-state index in [1.54, 1.807) is 0 Å². The van der Waals surface area contributed by atoms with E-state index in [4.69, 9.17) is 4.74 Å². The molecule has 3 atom stereocenters. The summed E-state index contributed by atoms with van der Waals surface area (Å²) in [6.45, 7) is 11.6. The monoisotopic (exact) mass is 381 g/mol. The first-order chi connectivity index (χ1) is 8.03. The molecule has 0 aromatic heterocycles. The molecule has 0 aromatic carbocycles. The van der Waals surface area contributed by atoms with Crippen LogP contribution in [0.3, 0.4) is 0 Å². The van der Waals surface area contributed by atoms with E-state index < -0.39 is 29.4 Å². The molecule has 0 aliphatic carbocycles. The van der Waals surface area contributed by atoms with Crippen LogP contribution in [0.2, 0.25) is 14.8 Å². The Morgan fingerprint density at radius 1 is 1.33 bits per heavy atom. The number of hydrogen-bond donors (Lipinski definition) is 1. The molecule has 1 N–H and O–H groups in total. The molecule has 0 amide bonds. The van der Waals surface area contributed by atoms with E-state index in [1.807, 2.05) is 20.8 Å². The predicted molar refractivity (Wildman–Crippen MR) is 81.6 cm³/mol. The van der Waals surface area contributed by atoms with Crippen molar-refractivity contribution < 1.29 is 8.95 Å². The van der Waals surface area contributed by atoms with Gasteiger partial charge in [-0.05, 0) is 0 Å². The molecule has 3 nitrogen and oxygen atoms in total. The summed E-state index contributed by atoms with van der Waals surface area (Å²) in [6.07, 6.45) is 0. The van der Waals surface area contributed by atoms with E-state index in [1.165, 1.54) is 3.59 Å². The molecule has 1 aliphatic heterocycles. The molecule has 0 radical (unpaired) electrons. The summed E-state index contributed by atoms with van der Waals surface area (Å²) in [4.78, 5) is 7.10. The molecule has 0 bridgehead atoms. The fraction of sp³-hybridized carbons (Fsp3) is 0.846. The van der Waals surface area contributed by atoms with Crippen LogP contribution in [0.25, 0.3) is 0 Å². The molecule has 1 fully saturated rings. The average Bonchev–Trinajstić information content (AvgIpc) is 2.61. The third-order valence-electron chi connectivity index (χ3n) is 3.31. The second-order valence-electron chi connectivity index (χ2n) is 7.02. The first-order valence-corrected chi connectivity index (χ1v) is 17.6. The fourth-order valence-electron chi connectivity index (χ4n) is 1.88. The Kier molecular flexibility index (Phi) is 5.49. The topological polar surface area (TPSA) is 38.3 Å². The minimum atomic E-state index is -2.11. The second kappa shape index (κ2) is 5.93. The molecular weight excluding hydrogens is 353 g/mol. The van der Waals surface area contributed by atoms with Crippen LogP contribution in [-0.2, 0) is 15.7 Å². The summed E-state index contributed by atoms with van der Waals surface area (Å²) in [5.41, 5.74) is 0. The normalized spacial score (nSPS) is 27.2.